The molecule has 1 amide bonds. The summed E-state index contributed by atoms with van der Waals surface area (Å²) in [5.41, 5.74) is 6.79. The number of hydrogen-bond acceptors (Lipinski definition) is 2. The fourth-order valence-electron chi connectivity index (χ4n) is 3.02. The number of nitrogens with two attached hydrogens (primary N) is 1. The summed E-state index contributed by atoms with van der Waals surface area (Å²) >= 11 is 12.1. The summed E-state index contributed by atoms with van der Waals surface area (Å²) < 4.78 is 0. The number of guanidine groups is 1. The normalized spacial score (nSPS) is 17.2. The number of carbonyl (C=O) groups excluding carboxylic acids is 1. The highest BCUT2D eigenvalue weighted by molar-refractivity contribution is 6.35. The molecule has 1 atom stereocenters. The molecule has 0 spiro atoms. The highest BCUT2D eigenvalue weighted by Gasteiger charge is 2.15. The highest BCUT2D eigenvalue weighted by atomic mass is 35.5. The van der Waals surface area contributed by atoms with Crippen LogP contribution in [0.5, 0.6) is 0 Å². The predicted octanol–water partition coefficient (Wildman–Crippen LogP) is 3.80. The lowest BCUT2D eigenvalue weighted by molar-refractivity contribution is -0.121. The van der Waals surface area contributed by atoms with E-state index in [0.717, 1.165) is 18.4 Å². The van der Waals surface area contributed by atoms with Crippen molar-refractivity contribution < 1.29 is 4.79 Å². The Hall–Kier alpha value is -1.46. The molecule has 0 radical (unpaired) electrons. The molecule has 1 fully saturated rings. The van der Waals surface area contributed by atoms with Gasteiger partial charge in [0.1, 0.15) is 0 Å². The monoisotopic (exact) mass is 384 g/mol. The van der Waals surface area contributed by atoms with E-state index in [-0.39, 0.29) is 11.9 Å². The minimum atomic E-state index is -0.107. The molecule has 0 aliphatic heterocycles. The molecule has 0 bridgehead atoms. The number of amides is 1. The zero-order valence-electron chi connectivity index (χ0n) is 14.5. The van der Waals surface area contributed by atoms with Gasteiger partial charge >= 0.3 is 0 Å². The Kier molecular flexibility index (Phi) is 7.85. The van der Waals surface area contributed by atoms with Gasteiger partial charge in [-0.3, -0.25) is 9.79 Å². The van der Waals surface area contributed by atoms with Crippen LogP contribution in [-0.4, -0.2) is 24.5 Å². The third-order valence-corrected chi connectivity index (χ3v) is 4.95. The van der Waals surface area contributed by atoms with Crippen LogP contribution >= 0.6 is 23.2 Å². The number of aliphatic imine (C=N–C) groups is 1. The van der Waals surface area contributed by atoms with Crippen molar-refractivity contribution in [2.45, 2.75) is 57.5 Å². The van der Waals surface area contributed by atoms with Crippen molar-refractivity contribution in [1.82, 2.24) is 10.6 Å². The van der Waals surface area contributed by atoms with E-state index in [1.807, 2.05) is 13.0 Å². The van der Waals surface area contributed by atoms with E-state index >= 15 is 0 Å². The van der Waals surface area contributed by atoms with Crippen LogP contribution in [0.15, 0.2) is 23.2 Å². The fraction of sp³-hybridized carbons (Fsp3) is 0.556. The molecule has 7 heteroatoms. The minimum Gasteiger partial charge on any atom is -0.370 e. The smallest absolute Gasteiger partial charge is 0.222 e. The summed E-state index contributed by atoms with van der Waals surface area (Å²) in [6, 6.07) is 5.55. The summed E-state index contributed by atoms with van der Waals surface area (Å²) in [7, 11) is 0. The second-order valence-corrected chi connectivity index (χ2v) is 7.29. The molecule has 0 heterocycles. The number of nitrogens with one attached hydrogen (secondary N) is 2. The first-order valence-electron chi connectivity index (χ1n) is 8.76. The van der Waals surface area contributed by atoms with Crippen LogP contribution in [0, 0.1) is 0 Å². The molecular weight excluding hydrogens is 359 g/mol. The first kappa shape index (κ1) is 19.9. The highest BCUT2D eigenvalue weighted by Crippen LogP contribution is 2.25. The van der Waals surface area contributed by atoms with Crippen molar-refractivity contribution in [1.29, 1.82) is 0 Å². The Morgan fingerprint density at radius 2 is 2.04 bits per heavy atom. The van der Waals surface area contributed by atoms with Gasteiger partial charge in [0, 0.05) is 22.5 Å². The van der Waals surface area contributed by atoms with E-state index in [2.05, 4.69) is 15.6 Å². The average molecular weight is 385 g/mol. The van der Waals surface area contributed by atoms with Gasteiger partial charge in [0.05, 0.1) is 12.6 Å². The van der Waals surface area contributed by atoms with Crippen LogP contribution in [0.2, 0.25) is 10.0 Å². The molecule has 4 N–H and O–H groups in total. The maximum atomic E-state index is 11.9. The van der Waals surface area contributed by atoms with Crippen molar-refractivity contribution in [2.75, 3.05) is 6.54 Å². The number of hydrogen-bond donors (Lipinski definition) is 3. The third kappa shape index (κ3) is 6.75. The van der Waals surface area contributed by atoms with E-state index in [4.69, 9.17) is 28.9 Å². The van der Waals surface area contributed by atoms with Crippen LogP contribution < -0.4 is 16.4 Å². The van der Waals surface area contributed by atoms with Crippen LogP contribution in [0.3, 0.4) is 0 Å². The maximum absolute atomic E-state index is 11.9. The van der Waals surface area contributed by atoms with Crippen molar-refractivity contribution >= 4 is 35.1 Å². The van der Waals surface area contributed by atoms with Crippen molar-refractivity contribution in [2.24, 2.45) is 10.7 Å². The van der Waals surface area contributed by atoms with Gasteiger partial charge in [-0.1, -0.05) is 48.5 Å². The summed E-state index contributed by atoms with van der Waals surface area (Å²) in [6.45, 7) is 2.30. The molecule has 2 rings (SSSR count). The van der Waals surface area contributed by atoms with Crippen LogP contribution in [-0.2, 0) is 4.79 Å². The Balaban J connectivity index is 1.75. The standard InChI is InChI=1S/C18H26Cl2N4O/c1-12(15-8-7-13(19)11-16(15)20)23-18(21)22-10-9-17(25)24-14-5-3-2-4-6-14/h7-8,11-12,14H,2-6,9-10H2,1H3,(H,24,25)(H3,21,22,23). The summed E-state index contributed by atoms with van der Waals surface area (Å²) in [5.74, 6) is 0.334. The molecule has 1 aliphatic rings. The Morgan fingerprint density at radius 1 is 1.32 bits per heavy atom. The molecule has 1 saturated carbocycles. The first-order valence-corrected chi connectivity index (χ1v) is 9.52. The SMILES string of the molecule is CC(NC(N)=NCCC(=O)NC1CCCCC1)c1ccc(Cl)cc1Cl. The summed E-state index contributed by atoms with van der Waals surface area (Å²) in [6.07, 6.45) is 6.18. The van der Waals surface area contributed by atoms with E-state index in [9.17, 15) is 4.79 Å². The van der Waals surface area contributed by atoms with Crippen LogP contribution in [0.4, 0.5) is 0 Å². The van der Waals surface area contributed by atoms with Gasteiger partial charge in [-0.25, -0.2) is 0 Å². The van der Waals surface area contributed by atoms with E-state index in [1.165, 1.54) is 19.3 Å². The zero-order chi connectivity index (χ0) is 18.2. The van der Waals surface area contributed by atoms with Gasteiger partial charge in [-0.05, 0) is 37.5 Å². The molecule has 1 aromatic carbocycles. The molecule has 5 nitrogen and oxygen atoms in total. The lowest BCUT2D eigenvalue weighted by atomic mass is 9.95. The van der Waals surface area contributed by atoms with Crippen LogP contribution in [0.1, 0.15) is 57.1 Å². The first-order chi connectivity index (χ1) is 12.0. The van der Waals surface area contributed by atoms with Gasteiger partial charge in [0.25, 0.3) is 0 Å². The topological polar surface area (TPSA) is 79.5 Å². The van der Waals surface area contributed by atoms with E-state index in [1.54, 1.807) is 12.1 Å². The van der Waals surface area contributed by atoms with Crippen molar-refractivity contribution in [3.63, 3.8) is 0 Å². The largest absolute Gasteiger partial charge is 0.370 e. The molecule has 1 unspecified atom stereocenters. The van der Waals surface area contributed by atoms with Gasteiger partial charge in [-0.15, -0.1) is 0 Å². The van der Waals surface area contributed by atoms with Crippen molar-refractivity contribution in [3.8, 4) is 0 Å². The molecule has 138 valence electrons. The fourth-order valence-corrected chi connectivity index (χ4v) is 3.59. The minimum absolute atomic E-state index is 0.0391. The molecule has 1 aromatic rings. The Bertz CT molecular complexity index is 615. The lowest BCUT2D eigenvalue weighted by Gasteiger charge is -2.22. The van der Waals surface area contributed by atoms with Crippen LogP contribution in [0.25, 0.3) is 0 Å². The third-order valence-electron chi connectivity index (χ3n) is 4.38. The number of benzene rings is 1. The maximum Gasteiger partial charge on any atom is 0.222 e. The Labute approximate surface area is 159 Å². The predicted molar refractivity (Wildman–Crippen MR) is 104 cm³/mol. The molecule has 25 heavy (non-hydrogen) atoms. The quantitative estimate of drug-likeness (QED) is 0.515. The number of halogens is 2. The number of nitrogens with zero attached hydrogens (tertiary/aromatic N) is 1. The zero-order valence-corrected chi connectivity index (χ0v) is 16.0. The second kappa shape index (κ2) is 9.88. The second-order valence-electron chi connectivity index (χ2n) is 6.45. The molecule has 0 saturated heterocycles. The number of carbonyl (C=O) groups is 1. The summed E-state index contributed by atoms with van der Waals surface area (Å²) in [4.78, 5) is 16.2. The average Bonchev–Trinajstić information content (AvgIpc) is 2.55. The van der Waals surface area contributed by atoms with Gasteiger partial charge in [0.2, 0.25) is 5.91 Å². The molecule has 0 aromatic heterocycles. The van der Waals surface area contributed by atoms with Gasteiger partial charge < -0.3 is 16.4 Å². The van der Waals surface area contributed by atoms with E-state index in [0.29, 0.717) is 35.0 Å². The lowest BCUT2D eigenvalue weighted by Crippen LogP contribution is -2.37. The van der Waals surface area contributed by atoms with Crippen molar-refractivity contribution in [3.05, 3.63) is 33.8 Å². The van der Waals surface area contributed by atoms with Gasteiger partial charge in [0.15, 0.2) is 5.96 Å². The number of rotatable bonds is 6. The Morgan fingerprint density at radius 3 is 2.72 bits per heavy atom. The molecular formula is C18H26Cl2N4O. The summed E-state index contributed by atoms with van der Waals surface area (Å²) in [5, 5.41) is 7.32. The molecule has 1 aliphatic carbocycles. The van der Waals surface area contributed by atoms with E-state index < -0.39 is 0 Å². The van der Waals surface area contributed by atoms with Gasteiger partial charge in [-0.2, -0.15) is 0 Å².